The Morgan fingerprint density at radius 3 is 1.95 bits per heavy atom. The quantitative estimate of drug-likeness (QED) is 0.389. The third-order valence-corrected chi connectivity index (χ3v) is 5.43. The number of carbonyl (C=O) groups excluding carboxylic acids is 2. The number of hydrogen-bond acceptors (Lipinski definition) is 2. The molecule has 0 unspecified atom stereocenters. The van der Waals surface area contributed by atoms with Crippen LogP contribution in [-0.4, -0.2) is 11.6 Å². The number of halogens is 2. The Morgan fingerprint density at radius 2 is 1.35 bits per heavy atom. The van der Waals surface area contributed by atoms with Crippen LogP contribution >= 0.6 is 31.9 Å². The van der Waals surface area contributed by atoms with Crippen LogP contribution in [0.3, 0.4) is 0 Å². The average molecular weight is 406 g/mol. The minimum Gasteiger partial charge on any atom is -0.289 e. The standard InChI is InChI=1S/C16H22Br2O2/c1-3-4-5-6-7-8-9-10-12-14(18)16(20)13(17)11(2)15(12)19/h3-10H2,1-2H3. The Balaban J connectivity index is 2.44. The first-order valence-corrected chi connectivity index (χ1v) is 8.93. The highest BCUT2D eigenvalue weighted by atomic mass is 79.9. The molecular weight excluding hydrogens is 384 g/mol. The van der Waals surface area contributed by atoms with Gasteiger partial charge in [-0.05, 0) is 51.6 Å². The van der Waals surface area contributed by atoms with Crippen molar-refractivity contribution in [3.8, 4) is 0 Å². The molecular formula is C16H22Br2O2. The van der Waals surface area contributed by atoms with Gasteiger partial charge in [0, 0.05) is 11.1 Å². The average Bonchev–Trinajstić information content (AvgIpc) is 2.45. The Hall–Kier alpha value is -0.220. The van der Waals surface area contributed by atoms with Gasteiger partial charge in [0.15, 0.2) is 5.78 Å². The second kappa shape index (κ2) is 8.93. The fourth-order valence-corrected chi connectivity index (χ4v) is 3.53. The molecule has 0 bridgehead atoms. The highest BCUT2D eigenvalue weighted by Gasteiger charge is 2.29. The second-order valence-electron chi connectivity index (χ2n) is 5.26. The van der Waals surface area contributed by atoms with E-state index in [-0.39, 0.29) is 11.6 Å². The molecule has 0 spiro atoms. The zero-order chi connectivity index (χ0) is 15.1. The minimum atomic E-state index is -0.111. The van der Waals surface area contributed by atoms with E-state index < -0.39 is 0 Å². The number of hydrogen-bond donors (Lipinski definition) is 0. The summed E-state index contributed by atoms with van der Waals surface area (Å²) in [4.78, 5) is 24.1. The zero-order valence-corrected chi connectivity index (χ0v) is 15.4. The van der Waals surface area contributed by atoms with Crippen LogP contribution in [0.1, 0.15) is 65.2 Å². The first-order valence-electron chi connectivity index (χ1n) is 7.35. The van der Waals surface area contributed by atoms with Gasteiger partial charge in [-0.1, -0.05) is 45.4 Å². The summed E-state index contributed by atoms with van der Waals surface area (Å²) >= 11 is 6.47. The number of carbonyl (C=O) groups is 2. The molecule has 0 saturated heterocycles. The molecule has 1 rings (SSSR count). The Labute approximate surface area is 138 Å². The topological polar surface area (TPSA) is 34.1 Å². The summed E-state index contributed by atoms with van der Waals surface area (Å²) < 4.78 is 0.823. The van der Waals surface area contributed by atoms with Crippen LogP contribution in [-0.2, 0) is 9.59 Å². The van der Waals surface area contributed by atoms with Crippen molar-refractivity contribution >= 4 is 43.4 Å². The summed E-state index contributed by atoms with van der Waals surface area (Å²) in [5.74, 6) is -0.116. The molecule has 1 aliphatic carbocycles. The van der Waals surface area contributed by atoms with Crippen molar-refractivity contribution in [3.63, 3.8) is 0 Å². The molecule has 0 aromatic heterocycles. The van der Waals surface area contributed by atoms with Crippen molar-refractivity contribution in [2.24, 2.45) is 0 Å². The molecule has 4 heteroatoms. The maximum absolute atomic E-state index is 12.2. The normalized spacial score (nSPS) is 16.4. The summed E-state index contributed by atoms with van der Waals surface area (Å²) in [5.41, 5.74) is 1.17. The number of ketones is 2. The van der Waals surface area contributed by atoms with Crippen LogP contribution in [0.2, 0.25) is 0 Å². The molecule has 1 aliphatic rings. The molecule has 0 N–H and O–H groups in total. The predicted molar refractivity (Wildman–Crippen MR) is 90.2 cm³/mol. The predicted octanol–water partition coefficient (Wildman–Crippen LogP) is 5.60. The van der Waals surface area contributed by atoms with Gasteiger partial charge in [-0.15, -0.1) is 0 Å². The zero-order valence-electron chi connectivity index (χ0n) is 12.2. The van der Waals surface area contributed by atoms with Gasteiger partial charge in [0.2, 0.25) is 5.78 Å². The molecule has 2 nitrogen and oxygen atoms in total. The summed E-state index contributed by atoms with van der Waals surface area (Å²) in [6.07, 6.45) is 9.14. The Bertz CT molecular complexity index is 447. The second-order valence-corrected chi connectivity index (χ2v) is 6.85. The van der Waals surface area contributed by atoms with E-state index in [9.17, 15) is 9.59 Å². The van der Waals surface area contributed by atoms with Gasteiger partial charge in [0.1, 0.15) is 0 Å². The van der Waals surface area contributed by atoms with E-state index >= 15 is 0 Å². The van der Waals surface area contributed by atoms with Crippen molar-refractivity contribution in [1.82, 2.24) is 0 Å². The first kappa shape index (κ1) is 17.8. The Morgan fingerprint density at radius 1 is 0.800 bits per heavy atom. The van der Waals surface area contributed by atoms with E-state index in [4.69, 9.17) is 0 Å². The molecule has 0 fully saturated rings. The molecule has 0 saturated carbocycles. The minimum absolute atomic E-state index is 0.00525. The largest absolute Gasteiger partial charge is 0.289 e. The van der Waals surface area contributed by atoms with E-state index in [0.29, 0.717) is 26.5 Å². The molecule has 0 aromatic carbocycles. The molecule has 0 amide bonds. The number of allylic oxidation sites excluding steroid dienone is 4. The van der Waals surface area contributed by atoms with Crippen LogP contribution in [0, 0.1) is 0 Å². The van der Waals surface area contributed by atoms with Crippen molar-refractivity contribution < 1.29 is 9.59 Å². The Kier molecular flexibility index (Phi) is 7.96. The van der Waals surface area contributed by atoms with Gasteiger partial charge >= 0.3 is 0 Å². The van der Waals surface area contributed by atoms with Crippen molar-refractivity contribution in [3.05, 3.63) is 20.1 Å². The lowest BCUT2D eigenvalue weighted by molar-refractivity contribution is -0.115. The van der Waals surface area contributed by atoms with Crippen molar-refractivity contribution in [1.29, 1.82) is 0 Å². The molecule has 20 heavy (non-hydrogen) atoms. The molecule has 0 aromatic rings. The van der Waals surface area contributed by atoms with E-state index in [2.05, 4.69) is 38.8 Å². The van der Waals surface area contributed by atoms with E-state index in [1.165, 1.54) is 32.1 Å². The van der Waals surface area contributed by atoms with Crippen LogP contribution in [0.4, 0.5) is 0 Å². The van der Waals surface area contributed by atoms with E-state index in [1.54, 1.807) is 6.92 Å². The molecule has 0 aliphatic heterocycles. The molecule has 0 heterocycles. The lowest BCUT2D eigenvalue weighted by atomic mass is 9.92. The van der Waals surface area contributed by atoms with Gasteiger partial charge < -0.3 is 0 Å². The van der Waals surface area contributed by atoms with Crippen LogP contribution in [0.5, 0.6) is 0 Å². The number of Topliss-reactive ketones (excluding diaryl/α,β-unsaturated/α-hetero) is 2. The fraction of sp³-hybridized carbons (Fsp3) is 0.625. The van der Waals surface area contributed by atoms with Gasteiger partial charge in [0.25, 0.3) is 0 Å². The SMILES string of the molecule is CCCCCCCCCC1=C(Br)C(=O)C(Br)=C(C)C1=O. The van der Waals surface area contributed by atoms with Crippen LogP contribution in [0.25, 0.3) is 0 Å². The summed E-state index contributed by atoms with van der Waals surface area (Å²) in [6, 6.07) is 0. The van der Waals surface area contributed by atoms with Crippen molar-refractivity contribution in [2.75, 3.05) is 0 Å². The summed E-state index contributed by atoms with van der Waals surface area (Å²) in [5, 5.41) is 0. The maximum Gasteiger partial charge on any atom is 0.207 e. The third-order valence-electron chi connectivity index (χ3n) is 3.64. The number of unbranched alkanes of at least 4 members (excludes halogenated alkanes) is 6. The van der Waals surface area contributed by atoms with E-state index in [1.807, 2.05) is 0 Å². The van der Waals surface area contributed by atoms with Crippen LogP contribution < -0.4 is 0 Å². The number of rotatable bonds is 8. The molecule has 112 valence electrons. The lowest BCUT2D eigenvalue weighted by Gasteiger charge is -2.16. The maximum atomic E-state index is 12.2. The molecule has 0 radical (unpaired) electrons. The smallest absolute Gasteiger partial charge is 0.207 e. The third kappa shape index (κ3) is 4.66. The highest BCUT2D eigenvalue weighted by molar-refractivity contribution is 9.13. The lowest BCUT2D eigenvalue weighted by Crippen LogP contribution is -2.18. The van der Waals surface area contributed by atoms with Gasteiger partial charge in [0.05, 0.1) is 8.96 Å². The van der Waals surface area contributed by atoms with Gasteiger partial charge in [-0.3, -0.25) is 9.59 Å². The van der Waals surface area contributed by atoms with E-state index in [0.717, 1.165) is 12.8 Å². The van der Waals surface area contributed by atoms with Crippen LogP contribution in [0.15, 0.2) is 20.1 Å². The van der Waals surface area contributed by atoms with Gasteiger partial charge in [-0.25, -0.2) is 0 Å². The van der Waals surface area contributed by atoms with Crippen molar-refractivity contribution in [2.45, 2.75) is 65.2 Å². The fourth-order valence-electron chi connectivity index (χ4n) is 2.31. The molecule has 0 atom stereocenters. The highest BCUT2D eigenvalue weighted by Crippen LogP contribution is 2.33. The summed E-state index contributed by atoms with van der Waals surface area (Å²) in [7, 11) is 0. The first-order chi connectivity index (χ1) is 9.50. The summed E-state index contributed by atoms with van der Waals surface area (Å²) in [6.45, 7) is 3.91. The van der Waals surface area contributed by atoms with Gasteiger partial charge in [-0.2, -0.15) is 0 Å². The monoisotopic (exact) mass is 404 g/mol.